The zero-order valence-electron chi connectivity index (χ0n) is 13.3. The molecular weight excluding hydrogens is 314 g/mol. The molecule has 0 atom stereocenters. The van der Waals surface area contributed by atoms with Crippen molar-refractivity contribution in [3.05, 3.63) is 28.5 Å². The van der Waals surface area contributed by atoms with Crippen molar-refractivity contribution >= 4 is 36.6 Å². The van der Waals surface area contributed by atoms with E-state index in [2.05, 4.69) is 28.4 Å². The number of aromatic nitrogens is 2. The van der Waals surface area contributed by atoms with E-state index in [4.69, 9.17) is 11.6 Å². The van der Waals surface area contributed by atoms with Crippen LogP contribution in [0.5, 0.6) is 0 Å². The normalized spacial score (nSPS) is 18.5. The Labute approximate surface area is 136 Å². The number of amides is 1. The molecular formula is C16H22ClN3OSi. The summed E-state index contributed by atoms with van der Waals surface area (Å²) in [5.41, 5.74) is 2.05. The van der Waals surface area contributed by atoms with E-state index in [1.165, 1.54) is 12.1 Å². The van der Waals surface area contributed by atoms with E-state index in [-0.39, 0.29) is 5.91 Å². The fraction of sp³-hybridized carbons (Fsp3) is 0.500. The van der Waals surface area contributed by atoms with E-state index in [1.54, 1.807) is 6.07 Å². The molecule has 2 N–H and O–H groups in total. The lowest BCUT2D eigenvalue weighted by Crippen LogP contribution is -2.42. The van der Waals surface area contributed by atoms with Crippen molar-refractivity contribution in [2.45, 2.75) is 51.0 Å². The first-order valence-corrected chi connectivity index (χ1v) is 11.6. The maximum absolute atomic E-state index is 12.4. The Morgan fingerprint density at radius 1 is 1.36 bits per heavy atom. The Balaban J connectivity index is 1.74. The summed E-state index contributed by atoms with van der Waals surface area (Å²) in [5, 5.41) is 4.58. The Bertz CT molecular complexity index is 715. The van der Waals surface area contributed by atoms with Crippen LogP contribution in [0.25, 0.3) is 11.0 Å². The minimum absolute atomic E-state index is 0.0573. The molecule has 3 heterocycles. The van der Waals surface area contributed by atoms with Crippen LogP contribution in [0, 0.1) is 6.92 Å². The molecule has 1 amide bonds. The molecule has 0 spiro atoms. The number of carbonyl (C=O) groups excluding carboxylic acids is 1. The third-order valence-corrected chi connectivity index (χ3v) is 8.19. The number of fused-ring (bicyclic) bond motifs is 1. The number of rotatable bonds is 2. The van der Waals surface area contributed by atoms with Crippen LogP contribution in [0.2, 0.25) is 30.2 Å². The molecule has 1 fully saturated rings. The molecule has 0 bridgehead atoms. The van der Waals surface area contributed by atoms with Gasteiger partial charge in [0.2, 0.25) is 0 Å². The number of nitrogens with zero attached hydrogens (tertiary/aromatic N) is 1. The first-order chi connectivity index (χ1) is 10.3. The second-order valence-corrected chi connectivity index (χ2v) is 12.8. The highest BCUT2D eigenvalue weighted by Crippen LogP contribution is 2.29. The SMILES string of the molecule is Cc1cc(Cl)c2cc(C(=O)NC3CC[Si](C)(C)CC3)[nH]c2n1. The third kappa shape index (κ3) is 3.20. The molecule has 22 heavy (non-hydrogen) atoms. The van der Waals surface area contributed by atoms with Crippen LogP contribution in [0.4, 0.5) is 0 Å². The van der Waals surface area contributed by atoms with Gasteiger partial charge in [0.1, 0.15) is 11.3 Å². The maximum Gasteiger partial charge on any atom is 0.267 e. The molecule has 0 unspecified atom stereocenters. The summed E-state index contributed by atoms with van der Waals surface area (Å²) in [5.74, 6) is -0.0573. The molecule has 2 aromatic heterocycles. The molecule has 0 saturated carbocycles. The van der Waals surface area contributed by atoms with E-state index in [0.29, 0.717) is 22.4 Å². The summed E-state index contributed by atoms with van der Waals surface area (Å²) in [6.07, 6.45) is 2.20. The first-order valence-electron chi connectivity index (χ1n) is 7.81. The van der Waals surface area contributed by atoms with Gasteiger partial charge in [-0.2, -0.15) is 0 Å². The van der Waals surface area contributed by atoms with Crippen molar-refractivity contribution in [3.8, 4) is 0 Å². The Hall–Kier alpha value is -1.33. The van der Waals surface area contributed by atoms with Gasteiger partial charge in [-0.3, -0.25) is 4.79 Å². The van der Waals surface area contributed by atoms with Crippen LogP contribution < -0.4 is 5.32 Å². The van der Waals surface area contributed by atoms with Gasteiger partial charge in [0, 0.05) is 25.2 Å². The summed E-state index contributed by atoms with van der Waals surface area (Å²) in [7, 11) is -0.989. The van der Waals surface area contributed by atoms with Gasteiger partial charge in [-0.15, -0.1) is 0 Å². The van der Waals surface area contributed by atoms with Gasteiger partial charge in [0.25, 0.3) is 5.91 Å². The van der Waals surface area contributed by atoms with Crippen molar-refractivity contribution < 1.29 is 4.79 Å². The summed E-state index contributed by atoms with van der Waals surface area (Å²) >= 11 is 6.22. The molecule has 0 aromatic carbocycles. The van der Waals surface area contributed by atoms with Gasteiger partial charge in [-0.05, 0) is 31.9 Å². The molecule has 0 aliphatic carbocycles. The van der Waals surface area contributed by atoms with Crippen molar-refractivity contribution in [1.29, 1.82) is 0 Å². The number of aryl methyl sites for hydroxylation is 1. The molecule has 118 valence electrons. The van der Waals surface area contributed by atoms with Crippen molar-refractivity contribution in [3.63, 3.8) is 0 Å². The van der Waals surface area contributed by atoms with Crippen molar-refractivity contribution in [1.82, 2.24) is 15.3 Å². The molecule has 6 heteroatoms. The smallest absolute Gasteiger partial charge is 0.267 e. The van der Waals surface area contributed by atoms with E-state index in [1.807, 2.05) is 13.0 Å². The number of nitrogens with one attached hydrogen (secondary N) is 2. The number of hydrogen-bond donors (Lipinski definition) is 2. The second-order valence-electron chi connectivity index (χ2n) is 7.10. The van der Waals surface area contributed by atoms with Gasteiger partial charge in [0.05, 0.1) is 5.02 Å². The van der Waals surface area contributed by atoms with Crippen LogP contribution in [0.15, 0.2) is 12.1 Å². The first kappa shape index (κ1) is 15.6. The standard InChI is InChI=1S/C16H22ClN3OSi/c1-10-8-13(17)12-9-14(20-15(12)18-10)16(21)19-11-4-6-22(2,3)7-5-11/h8-9,11H,4-7H2,1-3H3,(H,18,20)(H,19,21). The summed E-state index contributed by atoms with van der Waals surface area (Å²) in [4.78, 5) is 19.9. The highest BCUT2D eigenvalue weighted by atomic mass is 35.5. The van der Waals surface area contributed by atoms with Crippen LogP contribution in [0.1, 0.15) is 29.0 Å². The van der Waals surface area contributed by atoms with Crippen LogP contribution in [0.3, 0.4) is 0 Å². The minimum atomic E-state index is -0.989. The number of carbonyl (C=O) groups is 1. The molecule has 1 aliphatic rings. The number of pyridine rings is 1. The average Bonchev–Trinajstić information content (AvgIpc) is 2.85. The van der Waals surface area contributed by atoms with Gasteiger partial charge in [0.15, 0.2) is 0 Å². The average molecular weight is 336 g/mol. The monoisotopic (exact) mass is 335 g/mol. The molecule has 1 saturated heterocycles. The molecule has 2 aromatic rings. The lowest BCUT2D eigenvalue weighted by Gasteiger charge is -2.33. The van der Waals surface area contributed by atoms with Gasteiger partial charge < -0.3 is 10.3 Å². The number of hydrogen-bond acceptors (Lipinski definition) is 2. The predicted molar refractivity (Wildman–Crippen MR) is 93.4 cm³/mol. The number of aromatic amines is 1. The minimum Gasteiger partial charge on any atom is -0.348 e. The maximum atomic E-state index is 12.4. The predicted octanol–water partition coefficient (Wildman–Crippen LogP) is 4.13. The molecule has 0 radical (unpaired) electrons. The number of H-pyrrole nitrogens is 1. The second kappa shape index (κ2) is 5.70. The summed E-state index contributed by atoms with van der Waals surface area (Å²) in [6.45, 7) is 6.75. The molecule has 1 aliphatic heterocycles. The van der Waals surface area contributed by atoms with Gasteiger partial charge >= 0.3 is 0 Å². The third-order valence-electron chi connectivity index (χ3n) is 4.60. The van der Waals surface area contributed by atoms with Crippen LogP contribution >= 0.6 is 11.6 Å². The Morgan fingerprint density at radius 2 is 2.05 bits per heavy atom. The van der Waals surface area contributed by atoms with Crippen LogP contribution in [-0.2, 0) is 0 Å². The Kier molecular flexibility index (Phi) is 4.03. The van der Waals surface area contributed by atoms with E-state index >= 15 is 0 Å². The quantitative estimate of drug-likeness (QED) is 0.811. The van der Waals surface area contributed by atoms with E-state index < -0.39 is 8.07 Å². The van der Waals surface area contributed by atoms with Crippen molar-refractivity contribution in [2.24, 2.45) is 0 Å². The zero-order chi connectivity index (χ0) is 15.9. The molecule has 4 nitrogen and oxygen atoms in total. The van der Waals surface area contributed by atoms with E-state index in [0.717, 1.165) is 23.9 Å². The van der Waals surface area contributed by atoms with E-state index in [9.17, 15) is 4.79 Å². The van der Waals surface area contributed by atoms with Gasteiger partial charge in [-0.1, -0.05) is 36.8 Å². The largest absolute Gasteiger partial charge is 0.348 e. The lowest BCUT2D eigenvalue weighted by atomic mass is 10.1. The molecule has 3 rings (SSSR count). The van der Waals surface area contributed by atoms with Crippen molar-refractivity contribution in [2.75, 3.05) is 0 Å². The van der Waals surface area contributed by atoms with Gasteiger partial charge in [-0.25, -0.2) is 4.98 Å². The lowest BCUT2D eigenvalue weighted by molar-refractivity contribution is 0.0929. The van der Waals surface area contributed by atoms with Crippen LogP contribution in [-0.4, -0.2) is 30.0 Å². The highest BCUT2D eigenvalue weighted by molar-refractivity contribution is 6.77. The Morgan fingerprint density at radius 3 is 2.73 bits per heavy atom. The zero-order valence-corrected chi connectivity index (χ0v) is 15.0. The fourth-order valence-corrected chi connectivity index (χ4v) is 5.92. The fourth-order valence-electron chi connectivity index (χ4n) is 3.11. The topological polar surface area (TPSA) is 57.8 Å². The number of halogens is 1. The summed E-state index contributed by atoms with van der Waals surface area (Å²) in [6, 6.07) is 6.48. The summed E-state index contributed by atoms with van der Waals surface area (Å²) < 4.78 is 0. The highest BCUT2D eigenvalue weighted by Gasteiger charge is 2.29.